The number of ether oxygens (including phenoxy) is 2. The maximum Gasteiger partial charge on any atom is 0.416 e. The molecule has 2 aliphatic rings. The molecule has 3 nitrogen and oxygen atoms in total. The van der Waals surface area contributed by atoms with E-state index in [1.807, 2.05) is 93.5 Å². The molecule has 0 saturated heterocycles. The molecule has 0 aromatic heterocycles. The molecular formula is C123H217Cl3F8O3. The summed E-state index contributed by atoms with van der Waals surface area (Å²) in [6.07, 6.45) is 16.3. The topological polar surface area (TPSA) is 35.5 Å². The van der Waals surface area contributed by atoms with Crippen LogP contribution >= 0.6 is 34.8 Å². The standard InChI is InChI=1S/C11H14O2.C10H11F3.2C10H14.C9H12.C8H16.C8H18.C7H13Cl3.C7H10F4.2C7H16.C6H14O.C6H14.C6H12.C5H11F.C5H8.CH4/c1-8(2)9-4-6-10(7-5-9)11(12)13-3;1-7(2)8-4-3-5-9(6-8)10(11,12)13;1-8(2)10-6-4-9(3)5-7-10;1-8(2)10-6-4-5-9(3)7-10;1-8(2)9-6-4-3-5-7-9;1-7(2)8-5-3-4-6-8;1-7(2)6-8(3,4)5;1-5(2)6(3,4)7(8,9)10;1-4(2)5-3-6(8,9)7(5,10)11;1-6(2)5-7(3)4;1-5-6-7(2,3)4;1-6(2)4-5-7-3;1-5(2)6(3)4;1-4-5-6(2)3;1-5(2)3-4-6;1-4-5(2)3;/h4-8H,1-3H3;3-7H,1-2H3;2*4-8H,1-3H3;3-8H,1-2H3;7-8H,3-6H2,1-2H3;7H,6H2,1-5H3;5H,1-4H3;4-5H,3H2,1-2H3;6-7H,5H2,1-4H3;5-6H2,1-4H3;6H,4-5H2,1-3H3;5-6H,1-4H3;4,6H,1,5H2,2-3H3;5H,3-4H2,1-2H3;1,5H,2-3H3;1H4. The van der Waals surface area contributed by atoms with Gasteiger partial charge in [-0.1, -0.05) is 498 Å². The minimum atomic E-state index is -4.23. The van der Waals surface area contributed by atoms with Gasteiger partial charge in [-0.05, 0) is 210 Å². The Hall–Kier alpha value is -4.86. The number of methoxy groups -OCH3 is 2. The number of esters is 1. The first-order chi connectivity index (χ1) is 61.9. The summed E-state index contributed by atoms with van der Waals surface area (Å²) >= 11 is 17.3. The van der Waals surface area contributed by atoms with Crippen molar-refractivity contribution in [1.82, 2.24) is 0 Å². The van der Waals surface area contributed by atoms with Gasteiger partial charge in [-0.15, -0.1) is 18.9 Å². The molecule has 7 rings (SSSR count). The first-order valence-corrected chi connectivity index (χ1v) is 52.5. The third-order valence-electron chi connectivity index (χ3n) is 22.4. The lowest BCUT2D eigenvalue weighted by Crippen LogP contribution is -2.60. The highest BCUT2D eigenvalue weighted by molar-refractivity contribution is 6.68. The van der Waals surface area contributed by atoms with E-state index in [1.54, 1.807) is 25.3 Å². The lowest BCUT2D eigenvalue weighted by Gasteiger charge is -2.45. The van der Waals surface area contributed by atoms with Gasteiger partial charge >= 0.3 is 24.0 Å². The van der Waals surface area contributed by atoms with Crippen LogP contribution < -0.4 is 0 Å². The molecule has 137 heavy (non-hydrogen) atoms. The van der Waals surface area contributed by atoms with E-state index >= 15 is 0 Å². The minimum absolute atomic E-state index is 0. The molecule has 0 bridgehead atoms. The molecule has 0 radical (unpaired) electrons. The van der Waals surface area contributed by atoms with Crippen molar-refractivity contribution in [2.45, 2.75) is 447 Å². The normalized spacial score (nSPS) is 13.4. The Morgan fingerprint density at radius 2 is 0.876 bits per heavy atom. The van der Waals surface area contributed by atoms with Gasteiger partial charge in [0.1, 0.15) is 0 Å². The highest BCUT2D eigenvalue weighted by Gasteiger charge is 2.72. The molecule has 2 saturated carbocycles. The first-order valence-electron chi connectivity index (χ1n) is 51.4. The Kier molecular flexibility index (Phi) is 92.8. The second-order valence-electron chi connectivity index (χ2n) is 45.6. The van der Waals surface area contributed by atoms with E-state index in [1.165, 1.54) is 124 Å². The predicted molar refractivity (Wildman–Crippen MR) is 601 cm³/mol. The van der Waals surface area contributed by atoms with Crippen LogP contribution in [0.3, 0.4) is 0 Å². The summed E-state index contributed by atoms with van der Waals surface area (Å²) in [6.45, 7) is 101. The quantitative estimate of drug-likeness (QED) is 0.0241. The number of hydrogen-bond donors (Lipinski definition) is 0. The zero-order chi connectivity index (χ0) is 109. The van der Waals surface area contributed by atoms with Crippen molar-refractivity contribution in [3.63, 3.8) is 0 Å². The van der Waals surface area contributed by atoms with Crippen LogP contribution in [0.2, 0.25) is 0 Å². The van der Waals surface area contributed by atoms with Crippen molar-refractivity contribution in [2.75, 3.05) is 27.5 Å². The van der Waals surface area contributed by atoms with Crippen LogP contribution in [0.15, 0.2) is 140 Å². The Morgan fingerprint density at radius 1 is 0.496 bits per heavy atom. The van der Waals surface area contributed by atoms with Crippen molar-refractivity contribution in [2.24, 2.45) is 99.1 Å². The number of rotatable bonds is 21. The summed E-state index contributed by atoms with van der Waals surface area (Å²) < 4.78 is 106. The number of carbonyl (C=O) groups is 1. The summed E-state index contributed by atoms with van der Waals surface area (Å²) in [6, 6.07) is 40.8. The average molecular weight is 2000 g/mol. The molecule has 1 unspecified atom stereocenters. The number of alkyl halides is 11. The summed E-state index contributed by atoms with van der Waals surface area (Å²) in [5.41, 5.74) is 9.74. The van der Waals surface area contributed by atoms with Crippen LogP contribution in [0.25, 0.3) is 0 Å². The number of benzene rings is 5. The molecule has 2 aliphatic carbocycles. The summed E-state index contributed by atoms with van der Waals surface area (Å²) in [5, 5.41) is 0. The van der Waals surface area contributed by atoms with Gasteiger partial charge in [-0.2, -0.15) is 30.7 Å². The van der Waals surface area contributed by atoms with Crippen molar-refractivity contribution in [3.8, 4) is 12.3 Å². The second kappa shape index (κ2) is 83.5. The molecule has 0 N–H and O–H groups in total. The Labute approximate surface area is 861 Å². The monoisotopic (exact) mass is 2000 g/mol. The van der Waals surface area contributed by atoms with E-state index < -0.39 is 39.7 Å². The molecule has 0 heterocycles. The number of hydrogen-bond acceptors (Lipinski definition) is 3. The Balaban J connectivity index is -0.000000158. The predicted octanol–water partition coefficient (Wildman–Crippen LogP) is 44.0. The van der Waals surface area contributed by atoms with E-state index in [0.717, 1.165) is 77.9 Å². The molecule has 5 aromatic rings. The highest BCUT2D eigenvalue weighted by Crippen LogP contribution is 2.58. The van der Waals surface area contributed by atoms with Gasteiger partial charge in [0.2, 0.25) is 0 Å². The number of terminal acetylenes is 1. The van der Waals surface area contributed by atoms with Crippen LogP contribution in [-0.2, 0) is 15.7 Å². The largest absolute Gasteiger partial charge is 0.465 e. The molecular weight excluding hydrogens is 1780 g/mol. The maximum absolute atomic E-state index is 12.5. The summed E-state index contributed by atoms with van der Waals surface area (Å²) in [7, 11) is 3.13. The lowest BCUT2D eigenvalue weighted by molar-refractivity contribution is -0.322. The molecule has 804 valence electrons. The number of carbonyl (C=O) groups excluding carboxylic acids is 1. The molecule has 1 atom stereocenters. The molecule has 0 spiro atoms. The van der Waals surface area contributed by atoms with Crippen LogP contribution in [-0.4, -0.2) is 49.1 Å². The molecule has 0 amide bonds. The molecule has 2 fully saturated rings. The number of aryl methyl sites for hydroxylation is 2. The van der Waals surface area contributed by atoms with Crippen LogP contribution in [0.1, 0.15) is 467 Å². The van der Waals surface area contributed by atoms with Crippen LogP contribution in [0.4, 0.5) is 35.1 Å². The highest BCUT2D eigenvalue weighted by atomic mass is 35.6. The maximum atomic E-state index is 12.5. The number of allylic oxidation sites excluding steroid dienone is 1. The van der Waals surface area contributed by atoms with Crippen molar-refractivity contribution in [3.05, 3.63) is 190 Å². The average Bonchev–Trinajstić information content (AvgIpc) is 0.935. The third-order valence-corrected chi connectivity index (χ3v) is 23.9. The van der Waals surface area contributed by atoms with E-state index in [4.69, 9.17) is 46.0 Å². The van der Waals surface area contributed by atoms with Gasteiger partial charge in [-0.25, -0.2) is 4.79 Å². The third kappa shape index (κ3) is 92.1. The zero-order valence-electron chi connectivity index (χ0n) is 96.2. The van der Waals surface area contributed by atoms with Crippen molar-refractivity contribution >= 4 is 40.8 Å². The smallest absolute Gasteiger partial charge is 0.416 e. The fourth-order valence-corrected chi connectivity index (χ4v) is 12.8. The Morgan fingerprint density at radius 3 is 1.05 bits per heavy atom. The minimum Gasteiger partial charge on any atom is -0.465 e. The van der Waals surface area contributed by atoms with Gasteiger partial charge < -0.3 is 9.47 Å². The fraction of sp³-hybridized carbons (Fsp3) is 0.715. The first kappa shape index (κ1) is 152. The van der Waals surface area contributed by atoms with Gasteiger partial charge in [0, 0.05) is 37.4 Å². The van der Waals surface area contributed by atoms with Gasteiger partial charge in [0.05, 0.1) is 24.9 Å². The van der Waals surface area contributed by atoms with Gasteiger partial charge in [-0.3, -0.25) is 4.39 Å². The van der Waals surface area contributed by atoms with E-state index in [9.17, 15) is 39.9 Å². The number of halogens is 11. The van der Waals surface area contributed by atoms with Crippen molar-refractivity contribution in [1.29, 1.82) is 0 Å². The fourth-order valence-electron chi connectivity index (χ4n) is 12.1. The Bertz CT molecular complexity index is 3560. The van der Waals surface area contributed by atoms with Crippen molar-refractivity contribution < 1.29 is 49.4 Å². The van der Waals surface area contributed by atoms with Gasteiger partial charge in [0.15, 0.2) is 3.79 Å². The summed E-state index contributed by atoms with van der Waals surface area (Å²) in [4.78, 5) is 11.1. The molecule has 14 heteroatoms. The summed E-state index contributed by atoms with van der Waals surface area (Å²) in [5.74, 6) is 4.94. The molecule has 5 aromatic carbocycles. The zero-order valence-corrected chi connectivity index (χ0v) is 98.5. The SMILES string of the molecule is C.C#CC(C)C.C=CCC(C)C.CC(C)C(C)(C)C(Cl)(Cl)Cl.CC(C)C(C)C.CC(C)C1CC(F)(F)C1(F)F.CC(C)C1CCCC1.CC(C)CC(C)(C)C.CC(C)CC(C)C.CC(C)CCF.CC(C)c1cccc(C(F)(F)F)c1.CC(C)c1ccccc1.CCCC(C)(C)C.COC(=O)c1ccc(C(C)C)cc1.COCCC(C)C.Cc1ccc(C(C)C)cc1.Cc1cccc(C(C)C)c1. The van der Waals surface area contributed by atoms with Gasteiger partial charge in [0.25, 0.3) is 0 Å². The van der Waals surface area contributed by atoms with E-state index in [-0.39, 0.29) is 37.3 Å². The second-order valence-corrected chi connectivity index (χ2v) is 47.8. The molecule has 0 aliphatic heterocycles. The van der Waals surface area contributed by atoms with E-state index in [2.05, 4.69) is 319 Å². The van der Waals surface area contributed by atoms with E-state index in [0.29, 0.717) is 64.2 Å². The van der Waals surface area contributed by atoms with Crippen LogP contribution in [0.5, 0.6) is 0 Å². The lowest BCUT2D eigenvalue weighted by atomic mass is 9.70. The van der Waals surface area contributed by atoms with Crippen LogP contribution in [0, 0.1) is 125 Å².